The first-order valence-corrected chi connectivity index (χ1v) is 6.31. The van der Waals surface area contributed by atoms with Gasteiger partial charge in [-0.3, -0.25) is 14.9 Å². The highest BCUT2D eigenvalue weighted by Gasteiger charge is 2.27. The third-order valence-corrected chi connectivity index (χ3v) is 3.68. The second kappa shape index (κ2) is 5.52. The van der Waals surface area contributed by atoms with E-state index in [1.165, 1.54) is 6.07 Å². The fourth-order valence-corrected chi connectivity index (χ4v) is 2.47. The molecule has 1 aliphatic rings. The van der Waals surface area contributed by atoms with Crippen molar-refractivity contribution >= 4 is 23.2 Å². The van der Waals surface area contributed by atoms with Crippen LogP contribution in [0.5, 0.6) is 0 Å². The molecule has 1 saturated carbocycles. The molecule has 5 nitrogen and oxygen atoms in total. The number of nitro benzene ring substituents is 1. The van der Waals surface area contributed by atoms with Crippen molar-refractivity contribution in [1.29, 1.82) is 0 Å². The van der Waals surface area contributed by atoms with Crippen LogP contribution in [-0.4, -0.2) is 22.2 Å². The fraction of sp³-hybridized carbons (Fsp3) is 0.417. The van der Waals surface area contributed by atoms with E-state index >= 15 is 0 Å². The van der Waals surface area contributed by atoms with Gasteiger partial charge in [-0.1, -0.05) is 0 Å². The van der Waals surface area contributed by atoms with Gasteiger partial charge in [-0.25, -0.2) is 0 Å². The number of nitrogens with one attached hydrogen (secondary N) is 1. The number of amides is 1. The Hall–Kier alpha value is -1.69. The molecule has 0 aromatic heterocycles. The Morgan fingerprint density at radius 1 is 1.47 bits per heavy atom. The Morgan fingerprint density at radius 3 is 2.79 bits per heavy atom. The molecule has 102 valence electrons. The second-order valence-electron chi connectivity index (χ2n) is 4.45. The summed E-state index contributed by atoms with van der Waals surface area (Å²) in [5.74, 6) is -1.43. The largest absolute Gasteiger partial charge is 0.348 e. The van der Waals surface area contributed by atoms with Crippen LogP contribution in [0.1, 0.15) is 29.6 Å². The minimum Gasteiger partial charge on any atom is -0.348 e. The molecule has 0 bridgehead atoms. The Bertz CT molecular complexity index is 524. The van der Waals surface area contributed by atoms with Gasteiger partial charge in [0.1, 0.15) is 0 Å². The standard InChI is InChI=1S/C12H12ClFN2O3/c13-8-2-1-3-10(8)15-12(17)7-4-5-9(14)11(6-7)16(18)19/h4-6,8,10H,1-3H2,(H,15,17). The third kappa shape index (κ3) is 3.01. The van der Waals surface area contributed by atoms with Crippen LogP contribution in [0.4, 0.5) is 10.1 Å². The number of hydrogen-bond donors (Lipinski definition) is 1. The zero-order valence-corrected chi connectivity index (χ0v) is 10.7. The number of halogens is 2. The molecule has 1 amide bonds. The van der Waals surface area contributed by atoms with Gasteiger partial charge in [-0.15, -0.1) is 11.6 Å². The molecule has 1 aromatic carbocycles. The summed E-state index contributed by atoms with van der Waals surface area (Å²) in [4.78, 5) is 21.7. The molecular weight excluding hydrogens is 275 g/mol. The Morgan fingerprint density at radius 2 is 2.21 bits per heavy atom. The Balaban J connectivity index is 2.15. The summed E-state index contributed by atoms with van der Waals surface area (Å²) >= 11 is 6.03. The Kier molecular flexibility index (Phi) is 3.99. The van der Waals surface area contributed by atoms with Crippen LogP contribution in [0.15, 0.2) is 18.2 Å². The van der Waals surface area contributed by atoms with Gasteiger partial charge in [-0.2, -0.15) is 4.39 Å². The predicted octanol–water partition coefficient (Wildman–Crippen LogP) is 2.62. The quantitative estimate of drug-likeness (QED) is 0.527. The third-order valence-electron chi connectivity index (χ3n) is 3.15. The monoisotopic (exact) mass is 286 g/mol. The maximum absolute atomic E-state index is 13.2. The van der Waals surface area contributed by atoms with Gasteiger partial charge in [0.25, 0.3) is 5.91 Å². The van der Waals surface area contributed by atoms with Gasteiger partial charge in [0.2, 0.25) is 5.82 Å². The first-order valence-electron chi connectivity index (χ1n) is 5.88. The lowest BCUT2D eigenvalue weighted by Gasteiger charge is -2.15. The van der Waals surface area contributed by atoms with Crippen LogP contribution in [0.3, 0.4) is 0 Å². The van der Waals surface area contributed by atoms with Crippen molar-refractivity contribution in [1.82, 2.24) is 5.32 Å². The number of nitrogens with zero attached hydrogens (tertiary/aromatic N) is 1. The van der Waals surface area contributed by atoms with Crippen LogP contribution in [-0.2, 0) is 0 Å². The first kappa shape index (κ1) is 13.7. The van der Waals surface area contributed by atoms with E-state index < -0.39 is 22.3 Å². The summed E-state index contributed by atoms with van der Waals surface area (Å²) in [6.45, 7) is 0. The van der Waals surface area contributed by atoms with E-state index in [4.69, 9.17) is 11.6 Å². The van der Waals surface area contributed by atoms with E-state index in [0.717, 1.165) is 31.4 Å². The normalized spacial score (nSPS) is 22.2. The lowest BCUT2D eigenvalue weighted by molar-refractivity contribution is -0.387. The maximum atomic E-state index is 13.2. The van der Waals surface area contributed by atoms with Crippen molar-refractivity contribution in [3.05, 3.63) is 39.7 Å². The van der Waals surface area contributed by atoms with Crippen molar-refractivity contribution in [3.8, 4) is 0 Å². The van der Waals surface area contributed by atoms with E-state index in [1.54, 1.807) is 0 Å². The molecule has 2 unspecified atom stereocenters. The summed E-state index contributed by atoms with van der Waals surface area (Å²) < 4.78 is 13.2. The number of alkyl halides is 1. The summed E-state index contributed by atoms with van der Waals surface area (Å²) in [5.41, 5.74) is -0.648. The number of rotatable bonds is 3. The number of nitro groups is 1. The molecule has 1 N–H and O–H groups in total. The molecular formula is C12H12ClFN2O3. The molecule has 7 heteroatoms. The van der Waals surface area contributed by atoms with Gasteiger partial charge >= 0.3 is 5.69 Å². The van der Waals surface area contributed by atoms with Crippen molar-refractivity contribution in [2.75, 3.05) is 0 Å². The van der Waals surface area contributed by atoms with Crippen molar-refractivity contribution < 1.29 is 14.1 Å². The van der Waals surface area contributed by atoms with Crippen molar-refractivity contribution in [2.24, 2.45) is 0 Å². The molecule has 2 atom stereocenters. The SMILES string of the molecule is O=C(NC1CCCC1Cl)c1ccc(F)c([N+](=O)[O-])c1. The van der Waals surface area contributed by atoms with Gasteiger partial charge in [0.15, 0.2) is 0 Å². The van der Waals surface area contributed by atoms with Crippen molar-refractivity contribution in [2.45, 2.75) is 30.7 Å². The number of carbonyl (C=O) groups excluding carboxylic acids is 1. The molecule has 0 radical (unpaired) electrons. The number of benzene rings is 1. The molecule has 1 fully saturated rings. The molecule has 1 aromatic rings. The molecule has 1 aliphatic carbocycles. The minimum atomic E-state index is -0.961. The smallest absolute Gasteiger partial charge is 0.305 e. The van der Waals surface area contributed by atoms with Gasteiger partial charge in [0.05, 0.1) is 10.3 Å². The molecule has 0 heterocycles. The summed E-state index contributed by atoms with van der Waals surface area (Å²) in [5, 5.41) is 13.2. The number of hydrogen-bond acceptors (Lipinski definition) is 3. The molecule has 0 saturated heterocycles. The second-order valence-corrected chi connectivity index (χ2v) is 5.01. The van der Waals surface area contributed by atoms with Crippen LogP contribution >= 0.6 is 11.6 Å². The summed E-state index contributed by atoms with van der Waals surface area (Å²) in [6.07, 6.45) is 2.54. The van der Waals surface area contributed by atoms with Crippen LogP contribution in [0, 0.1) is 15.9 Å². The van der Waals surface area contributed by atoms with E-state index in [0.29, 0.717) is 0 Å². The molecule has 2 rings (SSSR count). The topological polar surface area (TPSA) is 72.2 Å². The maximum Gasteiger partial charge on any atom is 0.305 e. The van der Waals surface area contributed by atoms with E-state index in [1.807, 2.05) is 0 Å². The van der Waals surface area contributed by atoms with Gasteiger partial charge in [-0.05, 0) is 31.4 Å². The summed E-state index contributed by atoms with van der Waals surface area (Å²) in [7, 11) is 0. The Labute approximate surface area is 113 Å². The van der Waals surface area contributed by atoms with Gasteiger partial charge < -0.3 is 5.32 Å². The zero-order valence-electron chi connectivity index (χ0n) is 9.94. The highest BCUT2D eigenvalue weighted by atomic mass is 35.5. The van der Waals surface area contributed by atoms with E-state index in [-0.39, 0.29) is 17.0 Å². The molecule has 19 heavy (non-hydrogen) atoms. The van der Waals surface area contributed by atoms with Crippen LogP contribution in [0.2, 0.25) is 0 Å². The average molecular weight is 287 g/mol. The lowest BCUT2D eigenvalue weighted by atomic mass is 10.1. The highest BCUT2D eigenvalue weighted by molar-refractivity contribution is 6.21. The highest BCUT2D eigenvalue weighted by Crippen LogP contribution is 2.25. The van der Waals surface area contributed by atoms with E-state index in [9.17, 15) is 19.3 Å². The molecule has 0 aliphatic heterocycles. The van der Waals surface area contributed by atoms with Gasteiger partial charge in [0, 0.05) is 17.7 Å². The molecule has 0 spiro atoms. The lowest BCUT2D eigenvalue weighted by Crippen LogP contribution is -2.37. The number of carbonyl (C=O) groups is 1. The predicted molar refractivity (Wildman–Crippen MR) is 67.8 cm³/mol. The van der Waals surface area contributed by atoms with E-state index in [2.05, 4.69) is 5.32 Å². The summed E-state index contributed by atoms with van der Waals surface area (Å²) in [6, 6.07) is 2.93. The van der Waals surface area contributed by atoms with Crippen LogP contribution in [0.25, 0.3) is 0 Å². The average Bonchev–Trinajstić information content (AvgIpc) is 2.75. The zero-order chi connectivity index (χ0) is 14.0. The minimum absolute atomic E-state index is 0.0591. The van der Waals surface area contributed by atoms with Crippen molar-refractivity contribution in [3.63, 3.8) is 0 Å². The van der Waals surface area contributed by atoms with Crippen LogP contribution < -0.4 is 5.32 Å². The first-order chi connectivity index (χ1) is 8.99. The fourth-order valence-electron chi connectivity index (χ4n) is 2.12.